The third-order valence-electron chi connectivity index (χ3n) is 5.11. The second-order valence-electron chi connectivity index (χ2n) is 6.87. The van der Waals surface area contributed by atoms with E-state index in [2.05, 4.69) is 35.0 Å². The molecule has 1 aliphatic heterocycles. The fourth-order valence-electron chi connectivity index (χ4n) is 3.84. The van der Waals surface area contributed by atoms with Gasteiger partial charge in [0, 0.05) is 18.8 Å². The molecule has 26 heavy (non-hydrogen) atoms. The molecule has 0 N–H and O–H groups in total. The van der Waals surface area contributed by atoms with Crippen LogP contribution in [0.5, 0.6) is 0 Å². The zero-order chi connectivity index (χ0) is 17.7. The van der Waals surface area contributed by atoms with Crippen molar-refractivity contribution in [2.24, 2.45) is 0 Å². The Balaban J connectivity index is 1.61. The summed E-state index contributed by atoms with van der Waals surface area (Å²) in [5, 5.41) is 0. The van der Waals surface area contributed by atoms with Crippen LogP contribution in [0.25, 0.3) is 22.1 Å². The largest absolute Gasteiger partial charge is 0.371 e. The fourth-order valence-corrected chi connectivity index (χ4v) is 4.83. The van der Waals surface area contributed by atoms with Crippen molar-refractivity contribution in [3.8, 4) is 0 Å². The highest BCUT2D eigenvalue weighted by Gasteiger charge is 2.14. The summed E-state index contributed by atoms with van der Waals surface area (Å²) in [6, 6.07) is 14.2. The summed E-state index contributed by atoms with van der Waals surface area (Å²) in [7, 11) is 0. The summed E-state index contributed by atoms with van der Waals surface area (Å²) in [5.74, 6) is 0. The van der Waals surface area contributed by atoms with Crippen LogP contribution >= 0.6 is 11.3 Å². The second-order valence-corrected chi connectivity index (χ2v) is 7.88. The minimum Gasteiger partial charge on any atom is -0.371 e. The first-order valence-corrected chi connectivity index (χ1v) is 9.80. The van der Waals surface area contributed by atoms with Crippen molar-refractivity contribution >= 4 is 39.1 Å². The van der Waals surface area contributed by atoms with Gasteiger partial charge in [0.2, 0.25) is 0 Å². The number of thiazole rings is 1. The van der Waals surface area contributed by atoms with Crippen molar-refractivity contribution in [1.82, 2.24) is 9.38 Å². The van der Waals surface area contributed by atoms with Gasteiger partial charge in [-0.1, -0.05) is 29.5 Å². The number of hydrogen-bond donors (Lipinski definition) is 0. The molecular weight excluding hydrogens is 342 g/mol. The molecule has 5 heteroatoms. The van der Waals surface area contributed by atoms with Gasteiger partial charge in [-0.3, -0.25) is 4.79 Å². The normalized spacial score (nSPS) is 15.6. The maximum Gasteiger partial charge on any atom is 0.274 e. The molecule has 0 unspecified atom stereocenters. The summed E-state index contributed by atoms with van der Waals surface area (Å²) in [4.78, 5) is 20.6. The van der Waals surface area contributed by atoms with E-state index in [4.69, 9.17) is 0 Å². The van der Waals surface area contributed by atoms with Crippen molar-refractivity contribution in [2.75, 3.05) is 18.0 Å². The monoisotopic (exact) mass is 361 g/mol. The number of hydrogen-bond acceptors (Lipinski definition) is 4. The van der Waals surface area contributed by atoms with Crippen LogP contribution in [-0.2, 0) is 0 Å². The minimum absolute atomic E-state index is 0.0139. The van der Waals surface area contributed by atoms with Crippen LogP contribution in [0.1, 0.15) is 24.0 Å². The third-order valence-corrected chi connectivity index (χ3v) is 6.08. The van der Waals surface area contributed by atoms with E-state index < -0.39 is 0 Å². The summed E-state index contributed by atoms with van der Waals surface area (Å²) in [5.41, 5.74) is 5.40. The lowest BCUT2D eigenvalue weighted by atomic mass is 10.1. The standard InChI is InChI=1S/C21H19N3OS/c1-14-12-15(8-9-17(14)23-10-4-5-11-23)13-19-20(25)24-18-7-3-2-6-16(18)22-21(24)26-19/h2-3,6-9,12-13H,4-5,10-11H2,1H3. The first-order chi connectivity index (χ1) is 12.7. The van der Waals surface area contributed by atoms with Crippen LogP contribution in [-0.4, -0.2) is 22.5 Å². The summed E-state index contributed by atoms with van der Waals surface area (Å²) >= 11 is 1.45. The lowest BCUT2D eigenvalue weighted by molar-refractivity contribution is 0.949. The molecule has 0 spiro atoms. The highest BCUT2D eigenvalue weighted by atomic mass is 32.1. The lowest BCUT2D eigenvalue weighted by Crippen LogP contribution is -2.22. The van der Waals surface area contributed by atoms with Gasteiger partial charge in [-0.05, 0) is 61.2 Å². The number of para-hydroxylation sites is 2. The third kappa shape index (κ3) is 2.42. The maximum atomic E-state index is 12.9. The predicted molar refractivity (Wildman–Crippen MR) is 108 cm³/mol. The van der Waals surface area contributed by atoms with Crippen LogP contribution in [0.15, 0.2) is 47.3 Å². The Kier molecular flexibility index (Phi) is 3.57. The van der Waals surface area contributed by atoms with Crippen LogP contribution in [0.2, 0.25) is 0 Å². The molecule has 1 aliphatic rings. The summed E-state index contributed by atoms with van der Waals surface area (Å²) in [6.45, 7) is 4.44. The number of aryl methyl sites for hydroxylation is 1. The molecule has 0 saturated carbocycles. The summed E-state index contributed by atoms with van der Waals surface area (Å²) < 4.78 is 2.45. The van der Waals surface area contributed by atoms with Crippen molar-refractivity contribution < 1.29 is 0 Å². The molecule has 0 radical (unpaired) electrons. The quantitative estimate of drug-likeness (QED) is 0.549. The van der Waals surface area contributed by atoms with Crippen molar-refractivity contribution in [3.05, 3.63) is 68.5 Å². The Morgan fingerprint density at radius 3 is 2.73 bits per heavy atom. The Morgan fingerprint density at radius 2 is 1.92 bits per heavy atom. The molecule has 4 aromatic rings. The summed E-state index contributed by atoms with van der Waals surface area (Å²) in [6.07, 6.45) is 4.53. The molecule has 4 nitrogen and oxygen atoms in total. The first kappa shape index (κ1) is 15.6. The molecule has 1 fully saturated rings. The van der Waals surface area contributed by atoms with E-state index in [9.17, 15) is 4.79 Å². The SMILES string of the molecule is Cc1cc(C=c2sc3nc4ccccc4n3c2=O)ccc1N1CCCC1. The zero-order valence-electron chi connectivity index (χ0n) is 14.6. The van der Waals surface area contributed by atoms with E-state index in [0.29, 0.717) is 0 Å². The molecule has 2 aromatic carbocycles. The van der Waals surface area contributed by atoms with E-state index in [1.54, 1.807) is 4.40 Å². The molecule has 0 amide bonds. The van der Waals surface area contributed by atoms with Crippen LogP contribution in [0.4, 0.5) is 5.69 Å². The zero-order valence-corrected chi connectivity index (χ0v) is 15.4. The fraction of sp³-hybridized carbons (Fsp3) is 0.238. The highest BCUT2D eigenvalue weighted by Crippen LogP contribution is 2.25. The first-order valence-electron chi connectivity index (χ1n) is 8.98. The predicted octanol–water partition coefficient (Wildman–Crippen LogP) is 3.37. The van der Waals surface area contributed by atoms with Gasteiger partial charge >= 0.3 is 0 Å². The van der Waals surface area contributed by atoms with Gasteiger partial charge in [-0.2, -0.15) is 0 Å². The Labute approximate surface area is 155 Å². The van der Waals surface area contributed by atoms with Gasteiger partial charge < -0.3 is 4.90 Å². The van der Waals surface area contributed by atoms with Crippen LogP contribution < -0.4 is 15.0 Å². The van der Waals surface area contributed by atoms with E-state index in [0.717, 1.165) is 39.2 Å². The molecule has 5 rings (SSSR count). The van der Waals surface area contributed by atoms with Gasteiger partial charge in [0.1, 0.15) is 0 Å². The number of rotatable bonds is 2. The van der Waals surface area contributed by atoms with E-state index >= 15 is 0 Å². The Morgan fingerprint density at radius 1 is 1.12 bits per heavy atom. The minimum atomic E-state index is 0.0139. The molecule has 3 heterocycles. The van der Waals surface area contributed by atoms with Gasteiger partial charge in [0.25, 0.3) is 5.56 Å². The van der Waals surface area contributed by atoms with Crippen LogP contribution in [0.3, 0.4) is 0 Å². The van der Waals surface area contributed by atoms with E-state index in [-0.39, 0.29) is 5.56 Å². The number of fused-ring (bicyclic) bond motifs is 3. The number of nitrogens with zero attached hydrogens (tertiary/aromatic N) is 3. The molecule has 0 aliphatic carbocycles. The maximum absolute atomic E-state index is 12.9. The molecule has 0 bridgehead atoms. The molecule has 130 valence electrons. The lowest BCUT2D eigenvalue weighted by Gasteiger charge is -2.20. The molecule has 1 saturated heterocycles. The van der Waals surface area contributed by atoms with Crippen molar-refractivity contribution in [3.63, 3.8) is 0 Å². The average Bonchev–Trinajstić information content (AvgIpc) is 3.33. The second kappa shape index (κ2) is 5.95. The Bertz CT molecular complexity index is 1230. The Hall–Kier alpha value is -2.66. The van der Waals surface area contributed by atoms with Crippen LogP contribution in [0, 0.1) is 6.92 Å². The van der Waals surface area contributed by atoms with Crippen molar-refractivity contribution in [1.29, 1.82) is 0 Å². The molecule has 2 aromatic heterocycles. The van der Waals surface area contributed by atoms with Crippen molar-refractivity contribution in [2.45, 2.75) is 19.8 Å². The van der Waals surface area contributed by atoms with E-state index in [1.807, 2.05) is 30.3 Å². The smallest absolute Gasteiger partial charge is 0.274 e. The van der Waals surface area contributed by atoms with E-state index in [1.165, 1.54) is 35.4 Å². The van der Waals surface area contributed by atoms with Gasteiger partial charge in [0.15, 0.2) is 4.96 Å². The number of aromatic nitrogens is 2. The molecule has 0 atom stereocenters. The van der Waals surface area contributed by atoms with Gasteiger partial charge in [-0.25, -0.2) is 9.38 Å². The van der Waals surface area contributed by atoms with Gasteiger partial charge in [0.05, 0.1) is 15.6 Å². The number of anilines is 1. The highest BCUT2D eigenvalue weighted by molar-refractivity contribution is 7.15. The number of imidazole rings is 1. The topological polar surface area (TPSA) is 37.6 Å². The average molecular weight is 361 g/mol. The molecular formula is C21H19N3OS. The van der Waals surface area contributed by atoms with Gasteiger partial charge in [-0.15, -0.1) is 0 Å². The number of benzene rings is 2.